The molecule has 0 aliphatic carbocycles. The lowest BCUT2D eigenvalue weighted by Crippen LogP contribution is -2.39. The number of hydrogen-bond acceptors (Lipinski definition) is 5. The first-order valence-corrected chi connectivity index (χ1v) is 10.7. The van der Waals surface area contributed by atoms with Gasteiger partial charge in [0.25, 0.3) is 5.91 Å². The van der Waals surface area contributed by atoms with E-state index < -0.39 is 11.1 Å². The summed E-state index contributed by atoms with van der Waals surface area (Å²) in [6.45, 7) is 5.44. The second kappa shape index (κ2) is 8.97. The van der Waals surface area contributed by atoms with Crippen molar-refractivity contribution in [1.29, 1.82) is 0 Å². The molecule has 0 atom stereocenters. The van der Waals surface area contributed by atoms with E-state index in [0.29, 0.717) is 45.6 Å². The molecule has 0 spiro atoms. The Morgan fingerprint density at radius 3 is 2.13 bits per heavy atom. The fourth-order valence-corrected chi connectivity index (χ4v) is 4.08. The summed E-state index contributed by atoms with van der Waals surface area (Å²) in [5.74, 6) is 0.327. The number of carbonyl (C=O) groups excluding carboxylic acids is 1. The molecule has 2 aromatic carbocycles. The van der Waals surface area contributed by atoms with E-state index in [2.05, 4.69) is 26.1 Å². The number of ether oxygens (including phenoxy) is 1. The van der Waals surface area contributed by atoms with E-state index in [9.17, 15) is 14.4 Å². The molecule has 0 saturated heterocycles. The quantitative estimate of drug-likeness (QED) is 0.538. The van der Waals surface area contributed by atoms with Crippen LogP contribution in [0, 0.1) is 0 Å². The zero-order valence-corrected chi connectivity index (χ0v) is 19.7. The van der Waals surface area contributed by atoms with Crippen molar-refractivity contribution in [2.24, 2.45) is 14.1 Å². The molecule has 31 heavy (non-hydrogen) atoms. The molecule has 0 bridgehead atoms. The van der Waals surface area contributed by atoms with Gasteiger partial charge in [-0.05, 0) is 60.1 Å². The summed E-state index contributed by atoms with van der Waals surface area (Å²) < 4.78 is 8.55. The maximum atomic E-state index is 13.0. The van der Waals surface area contributed by atoms with Crippen molar-refractivity contribution < 1.29 is 9.53 Å². The zero-order valence-electron chi connectivity index (χ0n) is 18.2. The van der Waals surface area contributed by atoms with Gasteiger partial charge in [0.1, 0.15) is 5.75 Å². The van der Waals surface area contributed by atoms with Gasteiger partial charge in [0, 0.05) is 32.7 Å². The minimum atomic E-state index is -0.623. The number of aryl methyl sites for hydroxylation is 2. The molecule has 1 aromatic heterocycles. The van der Waals surface area contributed by atoms with Crippen LogP contribution in [-0.4, -0.2) is 35.2 Å². The van der Waals surface area contributed by atoms with Crippen LogP contribution >= 0.6 is 15.9 Å². The topological polar surface area (TPSA) is 85.6 Å². The van der Waals surface area contributed by atoms with Crippen LogP contribution in [0.5, 0.6) is 5.75 Å². The smallest absolute Gasteiger partial charge is 0.316 e. The van der Waals surface area contributed by atoms with Gasteiger partial charge in [-0.2, -0.15) is 0 Å². The molecule has 3 aromatic rings. The van der Waals surface area contributed by atoms with Crippen molar-refractivity contribution in [2.45, 2.75) is 13.8 Å². The highest BCUT2D eigenvalue weighted by molar-refractivity contribution is 9.10. The van der Waals surface area contributed by atoms with Crippen molar-refractivity contribution >= 4 is 44.2 Å². The number of halogens is 1. The average molecular weight is 489 g/mol. The van der Waals surface area contributed by atoms with Crippen LogP contribution < -0.4 is 26.1 Å². The molecule has 1 N–H and O–H groups in total. The van der Waals surface area contributed by atoms with Crippen molar-refractivity contribution in [3.8, 4) is 5.75 Å². The maximum absolute atomic E-state index is 13.0. The summed E-state index contributed by atoms with van der Waals surface area (Å²) in [6, 6.07) is 8.65. The van der Waals surface area contributed by atoms with Gasteiger partial charge < -0.3 is 24.1 Å². The van der Waals surface area contributed by atoms with Gasteiger partial charge in [-0.25, -0.2) is 0 Å². The summed E-state index contributed by atoms with van der Waals surface area (Å²) in [7, 11) is 4.68. The highest BCUT2D eigenvalue weighted by Crippen LogP contribution is 2.32. The summed E-state index contributed by atoms with van der Waals surface area (Å²) >= 11 is 3.40. The minimum Gasteiger partial charge on any atom is -0.496 e. The van der Waals surface area contributed by atoms with E-state index in [1.165, 1.54) is 9.13 Å². The van der Waals surface area contributed by atoms with Gasteiger partial charge in [-0.15, -0.1) is 0 Å². The Morgan fingerprint density at radius 2 is 1.61 bits per heavy atom. The zero-order chi connectivity index (χ0) is 22.9. The molecule has 0 fully saturated rings. The summed E-state index contributed by atoms with van der Waals surface area (Å²) in [6.07, 6.45) is 0. The normalized spacial score (nSPS) is 10.9. The van der Waals surface area contributed by atoms with Gasteiger partial charge in [-0.3, -0.25) is 14.4 Å². The van der Waals surface area contributed by atoms with E-state index >= 15 is 0 Å². The van der Waals surface area contributed by atoms with Crippen LogP contribution in [0.1, 0.15) is 24.2 Å². The SMILES string of the molecule is CCN(CC)c1cc2c(cc1NC(=O)c1ccc(OC)c(Br)c1)n(C)c(=O)c(=O)n2C. The van der Waals surface area contributed by atoms with Gasteiger partial charge in [0.05, 0.1) is 34.0 Å². The predicted octanol–water partition coefficient (Wildman–Crippen LogP) is 3.11. The Kier molecular flexibility index (Phi) is 6.54. The minimum absolute atomic E-state index is 0.300. The fourth-order valence-electron chi connectivity index (χ4n) is 3.54. The molecule has 0 aliphatic rings. The Bertz CT molecular complexity index is 1280. The molecule has 0 radical (unpaired) electrons. The van der Waals surface area contributed by atoms with Crippen LogP contribution in [0.4, 0.5) is 11.4 Å². The van der Waals surface area contributed by atoms with Crippen LogP contribution in [0.15, 0.2) is 44.4 Å². The summed E-state index contributed by atoms with van der Waals surface area (Å²) in [5, 5.41) is 2.97. The van der Waals surface area contributed by atoms with E-state index in [0.717, 1.165) is 5.69 Å². The number of amides is 1. The number of methoxy groups -OCH3 is 1. The van der Waals surface area contributed by atoms with Crippen molar-refractivity contribution in [3.05, 3.63) is 61.1 Å². The van der Waals surface area contributed by atoms with Crippen LogP contribution in [0.2, 0.25) is 0 Å². The molecular formula is C22H25BrN4O4. The van der Waals surface area contributed by atoms with Gasteiger partial charge >= 0.3 is 11.1 Å². The van der Waals surface area contributed by atoms with E-state index in [4.69, 9.17) is 4.74 Å². The number of hydrogen-bond donors (Lipinski definition) is 1. The Labute approximate surface area is 188 Å². The number of benzene rings is 2. The lowest BCUT2D eigenvalue weighted by molar-refractivity contribution is 0.102. The van der Waals surface area contributed by atoms with Gasteiger partial charge in [0.15, 0.2) is 0 Å². The standard InChI is InChI=1S/C22H25BrN4O4/c1-6-27(7-2)16-12-18-17(25(3)21(29)22(30)26(18)4)11-15(16)24-20(28)13-8-9-19(31-5)14(23)10-13/h8-12H,6-7H2,1-5H3,(H,24,28). The van der Waals surface area contributed by atoms with Gasteiger partial charge in [-0.1, -0.05) is 0 Å². The van der Waals surface area contributed by atoms with Crippen LogP contribution in [-0.2, 0) is 14.1 Å². The lowest BCUT2D eigenvalue weighted by Gasteiger charge is -2.25. The molecule has 0 saturated carbocycles. The van der Waals surface area contributed by atoms with Crippen molar-refractivity contribution in [2.75, 3.05) is 30.4 Å². The lowest BCUT2D eigenvalue weighted by atomic mass is 10.1. The first-order chi connectivity index (χ1) is 14.7. The summed E-state index contributed by atoms with van der Waals surface area (Å²) in [5.41, 5.74) is 1.72. The maximum Gasteiger partial charge on any atom is 0.316 e. The third-order valence-corrected chi connectivity index (χ3v) is 5.99. The van der Waals surface area contributed by atoms with Crippen molar-refractivity contribution in [1.82, 2.24) is 9.13 Å². The molecule has 8 nitrogen and oxygen atoms in total. The van der Waals surface area contributed by atoms with Crippen LogP contribution in [0.3, 0.4) is 0 Å². The second-order valence-corrected chi connectivity index (χ2v) is 7.92. The Balaban J connectivity index is 2.18. The van der Waals surface area contributed by atoms with E-state index in [1.807, 2.05) is 19.9 Å². The van der Waals surface area contributed by atoms with Crippen LogP contribution in [0.25, 0.3) is 11.0 Å². The number of nitrogens with zero attached hydrogens (tertiary/aromatic N) is 3. The first kappa shape index (κ1) is 22.6. The third kappa shape index (κ3) is 4.10. The molecule has 1 amide bonds. The molecule has 1 heterocycles. The Hall–Kier alpha value is -3.07. The molecule has 164 valence electrons. The largest absolute Gasteiger partial charge is 0.496 e. The van der Waals surface area contributed by atoms with Crippen molar-refractivity contribution in [3.63, 3.8) is 0 Å². The molecule has 0 unspecified atom stereocenters. The van der Waals surface area contributed by atoms with Gasteiger partial charge in [0.2, 0.25) is 0 Å². The number of carbonyl (C=O) groups is 1. The number of fused-ring (bicyclic) bond motifs is 1. The van der Waals surface area contributed by atoms with E-state index in [1.54, 1.807) is 45.5 Å². The predicted molar refractivity (Wildman–Crippen MR) is 127 cm³/mol. The number of aromatic nitrogens is 2. The highest BCUT2D eigenvalue weighted by atomic mass is 79.9. The monoisotopic (exact) mass is 488 g/mol. The molecular weight excluding hydrogens is 464 g/mol. The first-order valence-electron chi connectivity index (χ1n) is 9.87. The molecule has 0 aliphatic heterocycles. The number of nitrogens with one attached hydrogen (secondary N) is 1. The third-order valence-electron chi connectivity index (χ3n) is 5.37. The number of anilines is 2. The summed E-state index contributed by atoms with van der Waals surface area (Å²) in [4.78, 5) is 39.7. The Morgan fingerprint density at radius 1 is 1.03 bits per heavy atom. The fraction of sp³-hybridized carbons (Fsp3) is 0.318. The molecule has 9 heteroatoms. The van der Waals surface area contributed by atoms with E-state index in [-0.39, 0.29) is 5.91 Å². The second-order valence-electron chi connectivity index (χ2n) is 7.06. The molecule has 3 rings (SSSR count). The number of rotatable bonds is 6. The average Bonchev–Trinajstić information content (AvgIpc) is 2.77. The highest BCUT2D eigenvalue weighted by Gasteiger charge is 2.18.